The van der Waals surface area contributed by atoms with Gasteiger partial charge in [-0.05, 0) is 44.7 Å². The van der Waals surface area contributed by atoms with Gasteiger partial charge in [0, 0.05) is 31.3 Å². The zero-order chi connectivity index (χ0) is 17.2. The summed E-state index contributed by atoms with van der Waals surface area (Å²) in [5.74, 6) is 2.53. The summed E-state index contributed by atoms with van der Waals surface area (Å²) in [6, 6.07) is 10.7. The van der Waals surface area contributed by atoms with Crippen molar-refractivity contribution in [2.24, 2.45) is 0 Å². The van der Waals surface area contributed by atoms with Gasteiger partial charge in [-0.1, -0.05) is 24.3 Å². The number of aliphatic hydroxyl groups excluding tert-OH is 1. The van der Waals surface area contributed by atoms with Gasteiger partial charge < -0.3 is 15.3 Å². The van der Waals surface area contributed by atoms with E-state index in [2.05, 4.69) is 58.3 Å². The quantitative estimate of drug-likeness (QED) is 0.827. The Morgan fingerprint density at radius 2 is 1.96 bits per heavy atom. The molecule has 0 fully saturated rings. The number of aliphatic hydroxyl groups is 1. The van der Waals surface area contributed by atoms with Gasteiger partial charge >= 0.3 is 0 Å². The van der Waals surface area contributed by atoms with Crippen LogP contribution in [0.2, 0.25) is 0 Å². The second-order valence-electron chi connectivity index (χ2n) is 7.01. The minimum Gasteiger partial charge on any atom is -0.396 e. The van der Waals surface area contributed by atoms with Crippen LogP contribution >= 0.6 is 0 Å². The highest BCUT2D eigenvalue weighted by molar-refractivity contribution is 5.53. The maximum Gasteiger partial charge on any atom is 0.135 e. The van der Waals surface area contributed by atoms with E-state index < -0.39 is 0 Å². The fraction of sp³-hybridized carbons (Fsp3) is 0.474. The summed E-state index contributed by atoms with van der Waals surface area (Å²) in [5, 5.41) is 12.2. The lowest BCUT2D eigenvalue weighted by Crippen LogP contribution is -2.49. The van der Waals surface area contributed by atoms with Crippen LogP contribution in [-0.4, -0.2) is 33.8 Å². The summed E-state index contributed by atoms with van der Waals surface area (Å²) in [6.07, 6.45) is 1.71. The predicted molar refractivity (Wildman–Crippen MR) is 97.4 cm³/mol. The van der Waals surface area contributed by atoms with Crippen LogP contribution in [0.5, 0.6) is 0 Å². The number of anilines is 2. The van der Waals surface area contributed by atoms with Gasteiger partial charge in [-0.3, -0.25) is 0 Å². The second kappa shape index (κ2) is 6.77. The topological polar surface area (TPSA) is 61.3 Å². The number of fused-ring (bicyclic) bond motifs is 1. The molecule has 0 radical (unpaired) electrons. The molecule has 24 heavy (non-hydrogen) atoms. The van der Waals surface area contributed by atoms with E-state index in [9.17, 15) is 0 Å². The highest BCUT2D eigenvalue weighted by atomic mass is 16.3. The molecule has 1 aliphatic heterocycles. The molecular formula is C19H26N4O. The zero-order valence-electron chi connectivity index (χ0n) is 14.7. The normalized spacial score (nSPS) is 15.9. The Morgan fingerprint density at radius 3 is 2.71 bits per heavy atom. The average molecular weight is 326 g/mol. The maximum absolute atomic E-state index is 8.94. The minimum absolute atomic E-state index is 0.00247. The maximum atomic E-state index is 8.94. The van der Waals surface area contributed by atoms with Crippen LogP contribution in [0.25, 0.3) is 0 Å². The number of nitrogens with zero attached hydrogens (tertiary/aromatic N) is 3. The van der Waals surface area contributed by atoms with Crippen molar-refractivity contribution in [3.63, 3.8) is 0 Å². The molecule has 2 heterocycles. The molecule has 0 aliphatic carbocycles. The fourth-order valence-electron chi connectivity index (χ4n) is 3.30. The van der Waals surface area contributed by atoms with E-state index >= 15 is 0 Å². The molecular weight excluding hydrogens is 300 g/mol. The molecule has 0 saturated heterocycles. The number of rotatable bonds is 5. The summed E-state index contributed by atoms with van der Waals surface area (Å²) < 4.78 is 0. The van der Waals surface area contributed by atoms with E-state index in [-0.39, 0.29) is 12.1 Å². The second-order valence-corrected chi connectivity index (χ2v) is 7.01. The first-order valence-electron chi connectivity index (χ1n) is 8.54. The number of nitrogens with one attached hydrogen (secondary N) is 1. The van der Waals surface area contributed by atoms with E-state index in [1.807, 2.05) is 13.0 Å². The van der Waals surface area contributed by atoms with Crippen molar-refractivity contribution in [2.45, 2.75) is 45.7 Å². The molecule has 0 bridgehead atoms. The smallest absolute Gasteiger partial charge is 0.135 e. The molecule has 1 aliphatic rings. The third kappa shape index (κ3) is 3.51. The van der Waals surface area contributed by atoms with Gasteiger partial charge in [0.25, 0.3) is 0 Å². The van der Waals surface area contributed by atoms with E-state index in [1.165, 1.54) is 11.1 Å². The van der Waals surface area contributed by atoms with Crippen LogP contribution in [0.15, 0.2) is 30.3 Å². The number of aryl methyl sites for hydroxylation is 1. The lowest BCUT2D eigenvalue weighted by molar-refractivity contribution is 0.292. The average Bonchev–Trinajstić information content (AvgIpc) is 2.53. The number of hydrogen-bond donors (Lipinski definition) is 2. The molecule has 0 atom stereocenters. The van der Waals surface area contributed by atoms with Gasteiger partial charge in [-0.2, -0.15) is 0 Å². The van der Waals surface area contributed by atoms with Crippen LogP contribution in [0.1, 0.15) is 37.2 Å². The van der Waals surface area contributed by atoms with Gasteiger partial charge in [-0.25, -0.2) is 9.97 Å². The molecule has 3 rings (SSSR count). The van der Waals surface area contributed by atoms with Crippen molar-refractivity contribution in [3.05, 3.63) is 47.3 Å². The van der Waals surface area contributed by atoms with Crippen LogP contribution in [-0.2, 0) is 13.0 Å². The summed E-state index contributed by atoms with van der Waals surface area (Å²) in [5.41, 5.74) is 2.78. The Hall–Kier alpha value is -2.14. The summed E-state index contributed by atoms with van der Waals surface area (Å²) in [7, 11) is 0. The van der Waals surface area contributed by atoms with Crippen molar-refractivity contribution in [3.8, 4) is 0 Å². The Kier molecular flexibility index (Phi) is 4.71. The molecule has 1 aromatic carbocycles. The molecule has 0 spiro atoms. The first-order chi connectivity index (χ1) is 11.5. The molecule has 2 aromatic rings. The number of benzene rings is 1. The van der Waals surface area contributed by atoms with E-state index in [0.29, 0.717) is 13.0 Å². The van der Waals surface area contributed by atoms with Gasteiger partial charge in [0.1, 0.15) is 17.5 Å². The lowest BCUT2D eigenvalue weighted by atomic mass is 9.85. The number of hydrogen-bond acceptors (Lipinski definition) is 5. The van der Waals surface area contributed by atoms with Crippen molar-refractivity contribution < 1.29 is 5.11 Å². The molecule has 0 unspecified atom stereocenters. The molecule has 128 valence electrons. The molecule has 2 N–H and O–H groups in total. The van der Waals surface area contributed by atoms with Gasteiger partial charge in [0.2, 0.25) is 0 Å². The van der Waals surface area contributed by atoms with Crippen molar-refractivity contribution in [1.29, 1.82) is 0 Å². The predicted octanol–water partition coefficient (Wildman–Crippen LogP) is 2.92. The van der Waals surface area contributed by atoms with E-state index in [4.69, 9.17) is 5.11 Å². The highest BCUT2D eigenvalue weighted by Gasteiger charge is 2.33. The zero-order valence-corrected chi connectivity index (χ0v) is 14.7. The fourth-order valence-corrected chi connectivity index (χ4v) is 3.30. The first-order valence-corrected chi connectivity index (χ1v) is 8.54. The SMILES string of the molecule is Cc1nc(NCCCO)cc(N2Cc3ccccc3CC2(C)C)n1. The highest BCUT2D eigenvalue weighted by Crippen LogP contribution is 2.34. The first kappa shape index (κ1) is 16.7. The third-order valence-electron chi connectivity index (χ3n) is 4.54. The van der Waals surface area contributed by atoms with Crippen LogP contribution in [0, 0.1) is 6.92 Å². The molecule has 5 heteroatoms. The summed E-state index contributed by atoms with van der Waals surface area (Å²) in [6.45, 7) is 8.19. The molecule has 0 saturated carbocycles. The standard InChI is InChI=1S/C19H26N4O/c1-14-21-17(20-9-6-10-24)11-18(22-14)23-13-16-8-5-4-7-15(16)12-19(23,2)3/h4-5,7-8,11,24H,6,9-10,12-13H2,1-3H3,(H,20,21,22). The van der Waals surface area contributed by atoms with Crippen molar-refractivity contribution >= 4 is 11.6 Å². The van der Waals surface area contributed by atoms with E-state index in [0.717, 1.165) is 30.4 Å². The molecule has 5 nitrogen and oxygen atoms in total. The Labute approximate surface area is 143 Å². The lowest BCUT2D eigenvalue weighted by Gasteiger charge is -2.44. The van der Waals surface area contributed by atoms with Crippen molar-refractivity contribution in [1.82, 2.24) is 9.97 Å². The van der Waals surface area contributed by atoms with Crippen LogP contribution < -0.4 is 10.2 Å². The van der Waals surface area contributed by atoms with Crippen LogP contribution in [0.4, 0.5) is 11.6 Å². The third-order valence-corrected chi connectivity index (χ3v) is 4.54. The Morgan fingerprint density at radius 1 is 1.21 bits per heavy atom. The minimum atomic E-state index is -0.00247. The number of aromatic nitrogens is 2. The Balaban J connectivity index is 1.90. The summed E-state index contributed by atoms with van der Waals surface area (Å²) >= 11 is 0. The Bertz CT molecular complexity index is 714. The molecule has 0 amide bonds. The van der Waals surface area contributed by atoms with Crippen LogP contribution in [0.3, 0.4) is 0 Å². The largest absolute Gasteiger partial charge is 0.396 e. The summed E-state index contributed by atoms with van der Waals surface area (Å²) in [4.78, 5) is 11.5. The monoisotopic (exact) mass is 326 g/mol. The van der Waals surface area contributed by atoms with E-state index in [1.54, 1.807) is 0 Å². The van der Waals surface area contributed by atoms with Crippen molar-refractivity contribution in [2.75, 3.05) is 23.4 Å². The molecule has 1 aromatic heterocycles. The van der Waals surface area contributed by atoms with Gasteiger partial charge in [0.15, 0.2) is 0 Å². The van der Waals surface area contributed by atoms with Gasteiger partial charge in [0.05, 0.1) is 0 Å². The van der Waals surface area contributed by atoms with Gasteiger partial charge in [-0.15, -0.1) is 0 Å².